The van der Waals surface area contributed by atoms with Crippen LogP contribution in [0.25, 0.3) is 11.4 Å². The first kappa shape index (κ1) is 20.1. The predicted octanol–water partition coefficient (Wildman–Crippen LogP) is 3.89. The van der Waals surface area contributed by atoms with Crippen LogP contribution in [0.3, 0.4) is 0 Å². The maximum absolute atomic E-state index is 11.5. The van der Waals surface area contributed by atoms with E-state index in [-0.39, 0.29) is 0 Å². The zero-order chi connectivity index (χ0) is 22.1. The van der Waals surface area contributed by atoms with Crippen LogP contribution in [0.1, 0.15) is 35.4 Å². The van der Waals surface area contributed by atoms with Gasteiger partial charge in [-0.1, -0.05) is 6.07 Å². The van der Waals surface area contributed by atoms with Crippen molar-refractivity contribution >= 4 is 11.6 Å². The number of ether oxygens (including phenoxy) is 1. The molecule has 1 aromatic carbocycles. The molecule has 4 aromatic rings. The number of H-pyrrole nitrogens is 1. The van der Waals surface area contributed by atoms with Crippen molar-refractivity contribution in [2.75, 3.05) is 12.4 Å². The lowest BCUT2D eigenvalue weighted by Gasteiger charge is -2.33. The minimum absolute atomic E-state index is 0.414. The molecule has 3 N–H and O–H groups in total. The van der Waals surface area contributed by atoms with Gasteiger partial charge >= 0.3 is 0 Å². The summed E-state index contributed by atoms with van der Waals surface area (Å²) in [5.41, 5.74) is 3.69. The number of aromatic nitrogens is 5. The monoisotopic (exact) mass is 428 g/mol. The van der Waals surface area contributed by atoms with Crippen LogP contribution in [0.2, 0.25) is 0 Å². The van der Waals surface area contributed by atoms with E-state index >= 15 is 0 Å². The smallest absolute Gasteiger partial charge is 0.227 e. The van der Waals surface area contributed by atoms with E-state index in [0.717, 1.165) is 46.7 Å². The summed E-state index contributed by atoms with van der Waals surface area (Å²) in [6.07, 6.45) is 9.33. The van der Waals surface area contributed by atoms with E-state index in [4.69, 9.17) is 9.72 Å². The van der Waals surface area contributed by atoms with Crippen molar-refractivity contribution in [3.63, 3.8) is 0 Å². The maximum Gasteiger partial charge on any atom is 0.227 e. The van der Waals surface area contributed by atoms with Gasteiger partial charge in [-0.3, -0.25) is 4.98 Å². The summed E-state index contributed by atoms with van der Waals surface area (Å²) in [5.74, 6) is 1.84. The number of aryl methyl sites for hydroxylation is 2. The Labute approximate surface area is 185 Å². The fourth-order valence-corrected chi connectivity index (χ4v) is 4.19. The molecular formula is C24H24N6O2. The van der Waals surface area contributed by atoms with Gasteiger partial charge in [0.1, 0.15) is 17.2 Å². The zero-order valence-corrected chi connectivity index (χ0v) is 18.0. The molecule has 3 heterocycles. The average molecular weight is 428 g/mol. The lowest BCUT2D eigenvalue weighted by molar-refractivity contribution is 0.0563. The molecule has 32 heavy (non-hydrogen) atoms. The van der Waals surface area contributed by atoms with Gasteiger partial charge in [-0.15, -0.1) is 0 Å². The second-order valence-electron chi connectivity index (χ2n) is 7.95. The van der Waals surface area contributed by atoms with Crippen LogP contribution in [0.5, 0.6) is 5.75 Å². The Morgan fingerprint density at radius 3 is 2.84 bits per heavy atom. The Kier molecular flexibility index (Phi) is 5.07. The van der Waals surface area contributed by atoms with Crippen LogP contribution in [0.4, 0.5) is 11.6 Å². The first-order valence-electron chi connectivity index (χ1n) is 10.5. The fourth-order valence-electron chi connectivity index (χ4n) is 4.19. The Bertz CT molecular complexity index is 1260. The maximum atomic E-state index is 11.5. The highest BCUT2D eigenvalue weighted by molar-refractivity contribution is 5.70. The Balaban J connectivity index is 1.48. The molecule has 5 rings (SSSR count). The van der Waals surface area contributed by atoms with E-state index in [0.29, 0.717) is 23.8 Å². The molecule has 0 fully saturated rings. The van der Waals surface area contributed by atoms with E-state index < -0.39 is 5.60 Å². The molecule has 1 unspecified atom stereocenters. The number of hydrogen-bond donors (Lipinski definition) is 3. The molecule has 1 aliphatic carbocycles. The summed E-state index contributed by atoms with van der Waals surface area (Å²) < 4.78 is 5.58. The number of rotatable bonds is 5. The third-order valence-corrected chi connectivity index (χ3v) is 5.80. The lowest BCUT2D eigenvalue weighted by Crippen LogP contribution is -2.33. The summed E-state index contributed by atoms with van der Waals surface area (Å²) in [4.78, 5) is 21.0. The van der Waals surface area contributed by atoms with E-state index in [9.17, 15) is 5.11 Å². The number of imidazole rings is 1. The molecule has 8 nitrogen and oxygen atoms in total. The highest BCUT2D eigenvalue weighted by Gasteiger charge is 2.38. The van der Waals surface area contributed by atoms with Crippen LogP contribution in [0, 0.1) is 6.92 Å². The van der Waals surface area contributed by atoms with E-state index in [1.54, 1.807) is 25.7 Å². The number of fused-ring (bicyclic) bond motifs is 1. The summed E-state index contributed by atoms with van der Waals surface area (Å²) in [5, 5.41) is 14.8. The molecule has 0 saturated carbocycles. The standard InChI is InChI=1S/C24H24N6O2/c1-15-12-26-22(28-15)19-8-7-18(11-20(19)32-2)29-23-27-13-16-5-3-9-24(31,21(16)30-23)17-6-4-10-25-14-17/h4,6-8,10-14,31H,3,5,9H2,1-2H3,(H,26,28)(H,27,29,30). The number of nitrogens with one attached hydrogen (secondary N) is 2. The number of anilines is 2. The third-order valence-electron chi connectivity index (χ3n) is 5.80. The van der Waals surface area contributed by atoms with Gasteiger partial charge in [0.2, 0.25) is 5.95 Å². The molecule has 0 aliphatic heterocycles. The molecule has 0 bridgehead atoms. The van der Waals surface area contributed by atoms with Gasteiger partial charge in [0, 0.05) is 42.1 Å². The van der Waals surface area contributed by atoms with Crippen LogP contribution in [0.15, 0.2) is 55.1 Å². The van der Waals surface area contributed by atoms with Crippen LogP contribution in [-0.4, -0.2) is 37.1 Å². The minimum atomic E-state index is -1.18. The molecule has 3 aromatic heterocycles. The SMILES string of the molecule is COc1cc(Nc2ncc3c(n2)C(O)(c2cccnc2)CCC3)ccc1-c1nc(C)c[nH]1. The normalized spacial score (nSPS) is 17.6. The second-order valence-corrected chi connectivity index (χ2v) is 7.95. The Morgan fingerprint density at radius 2 is 2.09 bits per heavy atom. The van der Waals surface area contributed by atoms with Crippen LogP contribution >= 0.6 is 0 Å². The first-order valence-corrected chi connectivity index (χ1v) is 10.5. The molecule has 8 heteroatoms. The van der Waals surface area contributed by atoms with Crippen molar-refractivity contribution in [1.29, 1.82) is 0 Å². The van der Waals surface area contributed by atoms with E-state index in [1.807, 2.05) is 43.5 Å². The van der Waals surface area contributed by atoms with Crippen molar-refractivity contribution in [2.24, 2.45) is 0 Å². The molecule has 1 atom stereocenters. The molecule has 0 spiro atoms. The second kappa shape index (κ2) is 8.05. The lowest BCUT2D eigenvalue weighted by atomic mass is 9.79. The third kappa shape index (κ3) is 3.58. The number of benzene rings is 1. The number of aliphatic hydroxyl groups is 1. The van der Waals surface area contributed by atoms with E-state index in [1.165, 1.54) is 0 Å². The van der Waals surface area contributed by atoms with Gasteiger partial charge in [0.05, 0.1) is 24.1 Å². The first-order chi connectivity index (χ1) is 15.6. The van der Waals surface area contributed by atoms with Crippen molar-refractivity contribution < 1.29 is 9.84 Å². The molecule has 162 valence electrons. The molecule has 1 aliphatic rings. The number of pyridine rings is 1. The number of aromatic amines is 1. The van der Waals surface area contributed by atoms with Gasteiger partial charge in [0.15, 0.2) is 0 Å². The predicted molar refractivity (Wildman–Crippen MR) is 121 cm³/mol. The van der Waals surface area contributed by atoms with Crippen molar-refractivity contribution in [2.45, 2.75) is 31.8 Å². The number of methoxy groups -OCH3 is 1. The van der Waals surface area contributed by atoms with Gasteiger partial charge < -0.3 is 20.1 Å². The van der Waals surface area contributed by atoms with E-state index in [2.05, 4.69) is 25.3 Å². The average Bonchev–Trinajstić information content (AvgIpc) is 3.26. The molecule has 0 saturated heterocycles. The largest absolute Gasteiger partial charge is 0.496 e. The fraction of sp³-hybridized carbons (Fsp3) is 0.250. The minimum Gasteiger partial charge on any atom is -0.496 e. The molecular weight excluding hydrogens is 404 g/mol. The Hall–Kier alpha value is -3.78. The molecule has 0 amide bonds. The summed E-state index contributed by atoms with van der Waals surface area (Å²) >= 11 is 0. The van der Waals surface area contributed by atoms with Gasteiger partial charge in [-0.05, 0) is 49.9 Å². The highest BCUT2D eigenvalue weighted by atomic mass is 16.5. The van der Waals surface area contributed by atoms with Gasteiger partial charge in [0.25, 0.3) is 0 Å². The number of nitrogens with zero attached hydrogens (tertiary/aromatic N) is 4. The van der Waals surface area contributed by atoms with Gasteiger partial charge in [-0.2, -0.15) is 0 Å². The quantitative estimate of drug-likeness (QED) is 0.442. The Morgan fingerprint density at radius 1 is 1.19 bits per heavy atom. The van der Waals surface area contributed by atoms with Gasteiger partial charge in [-0.25, -0.2) is 15.0 Å². The summed E-state index contributed by atoms with van der Waals surface area (Å²) in [6, 6.07) is 9.45. The zero-order valence-electron chi connectivity index (χ0n) is 18.0. The summed E-state index contributed by atoms with van der Waals surface area (Å²) in [6.45, 7) is 1.93. The summed E-state index contributed by atoms with van der Waals surface area (Å²) in [7, 11) is 1.63. The van der Waals surface area contributed by atoms with Crippen molar-refractivity contribution in [3.05, 3.63) is 77.6 Å². The van der Waals surface area contributed by atoms with Crippen LogP contribution < -0.4 is 10.1 Å². The van der Waals surface area contributed by atoms with Crippen LogP contribution in [-0.2, 0) is 12.0 Å². The number of hydrogen-bond acceptors (Lipinski definition) is 7. The van der Waals surface area contributed by atoms with Crippen molar-refractivity contribution in [3.8, 4) is 17.1 Å². The highest BCUT2D eigenvalue weighted by Crippen LogP contribution is 2.39. The van der Waals surface area contributed by atoms with Crippen molar-refractivity contribution in [1.82, 2.24) is 24.9 Å². The topological polar surface area (TPSA) is 109 Å². The molecule has 0 radical (unpaired) electrons.